The Hall–Kier alpha value is -1.10. The summed E-state index contributed by atoms with van der Waals surface area (Å²) in [7, 11) is 1.70. The number of carbonyl (C=O) groups excluding carboxylic acids is 2. The number of nitrogens with one attached hydrogen (secondary N) is 1. The third-order valence-corrected chi connectivity index (χ3v) is 3.38. The molecule has 1 N–H and O–H groups in total. The van der Waals surface area contributed by atoms with Crippen molar-refractivity contribution in [1.29, 1.82) is 0 Å². The molecule has 5 heteroatoms. The first-order chi connectivity index (χ1) is 8.16. The fraction of sp³-hybridized carbons (Fsp3) is 0.833. The van der Waals surface area contributed by atoms with Crippen molar-refractivity contribution in [3.63, 3.8) is 0 Å². The predicted molar refractivity (Wildman–Crippen MR) is 64.5 cm³/mol. The Balaban J connectivity index is 1.68. The van der Waals surface area contributed by atoms with E-state index in [-0.39, 0.29) is 18.4 Å². The van der Waals surface area contributed by atoms with Crippen molar-refractivity contribution < 1.29 is 9.59 Å². The number of hydrogen-bond acceptors (Lipinski definition) is 3. The average molecular weight is 239 g/mol. The Morgan fingerprint density at radius 2 is 1.94 bits per heavy atom. The molecule has 2 aliphatic rings. The summed E-state index contributed by atoms with van der Waals surface area (Å²) in [5.74, 6) is 0.0780. The summed E-state index contributed by atoms with van der Waals surface area (Å²) in [6.07, 6.45) is 4.52. The Morgan fingerprint density at radius 3 is 2.53 bits per heavy atom. The second kappa shape index (κ2) is 5.49. The molecule has 2 amide bonds. The number of rotatable bonds is 5. The lowest BCUT2D eigenvalue weighted by Gasteiger charge is -2.21. The summed E-state index contributed by atoms with van der Waals surface area (Å²) >= 11 is 0. The van der Waals surface area contributed by atoms with Gasteiger partial charge in [0.05, 0.1) is 13.1 Å². The van der Waals surface area contributed by atoms with Crippen LogP contribution in [0.25, 0.3) is 0 Å². The number of amides is 2. The van der Waals surface area contributed by atoms with Crippen LogP contribution >= 0.6 is 0 Å². The highest BCUT2D eigenvalue weighted by molar-refractivity contribution is 5.85. The quantitative estimate of drug-likeness (QED) is 0.724. The third-order valence-electron chi connectivity index (χ3n) is 3.38. The SMILES string of the molecule is CN(CC(=O)N1CCCC1)C(=O)CNC1CC1. The van der Waals surface area contributed by atoms with Crippen LogP contribution in [0.4, 0.5) is 0 Å². The van der Waals surface area contributed by atoms with E-state index in [0.29, 0.717) is 12.6 Å². The molecular formula is C12H21N3O2. The van der Waals surface area contributed by atoms with Crippen molar-refractivity contribution in [2.24, 2.45) is 0 Å². The van der Waals surface area contributed by atoms with Gasteiger partial charge in [0, 0.05) is 26.2 Å². The fourth-order valence-corrected chi connectivity index (χ4v) is 2.01. The van der Waals surface area contributed by atoms with Crippen LogP contribution in [-0.4, -0.2) is 60.9 Å². The van der Waals surface area contributed by atoms with Crippen LogP contribution in [0.2, 0.25) is 0 Å². The Morgan fingerprint density at radius 1 is 1.29 bits per heavy atom. The van der Waals surface area contributed by atoms with Gasteiger partial charge >= 0.3 is 0 Å². The first-order valence-corrected chi connectivity index (χ1v) is 6.42. The normalized spacial score (nSPS) is 19.5. The van der Waals surface area contributed by atoms with Crippen molar-refractivity contribution in [3.8, 4) is 0 Å². The van der Waals surface area contributed by atoms with Crippen LogP contribution in [-0.2, 0) is 9.59 Å². The van der Waals surface area contributed by atoms with Crippen LogP contribution in [0.5, 0.6) is 0 Å². The van der Waals surface area contributed by atoms with Crippen molar-refractivity contribution in [3.05, 3.63) is 0 Å². The summed E-state index contributed by atoms with van der Waals surface area (Å²) in [5.41, 5.74) is 0. The minimum absolute atomic E-state index is 0.00412. The largest absolute Gasteiger partial charge is 0.341 e. The van der Waals surface area contributed by atoms with Gasteiger partial charge < -0.3 is 15.1 Å². The molecule has 96 valence electrons. The molecule has 1 saturated carbocycles. The average Bonchev–Trinajstić information content (AvgIpc) is 2.97. The Labute approximate surface area is 102 Å². The minimum Gasteiger partial charge on any atom is -0.341 e. The maximum absolute atomic E-state index is 11.8. The van der Waals surface area contributed by atoms with Gasteiger partial charge in [-0.05, 0) is 25.7 Å². The summed E-state index contributed by atoms with van der Waals surface area (Å²) in [4.78, 5) is 26.9. The second-order valence-electron chi connectivity index (χ2n) is 4.99. The molecular weight excluding hydrogens is 218 g/mol. The molecule has 0 bridgehead atoms. The molecule has 0 aromatic rings. The summed E-state index contributed by atoms with van der Waals surface area (Å²) in [6.45, 7) is 2.27. The van der Waals surface area contributed by atoms with Gasteiger partial charge in [0.15, 0.2) is 0 Å². The molecule has 5 nitrogen and oxygen atoms in total. The van der Waals surface area contributed by atoms with Crippen molar-refractivity contribution in [2.45, 2.75) is 31.7 Å². The van der Waals surface area contributed by atoms with Gasteiger partial charge in [0.2, 0.25) is 11.8 Å². The molecule has 1 aliphatic heterocycles. The zero-order valence-electron chi connectivity index (χ0n) is 10.4. The van der Waals surface area contributed by atoms with Gasteiger partial charge in [-0.1, -0.05) is 0 Å². The van der Waals surface area contributed by atoms with E-state index in [0.717, 1.165) is 25.9 Å². The van der Waals surface area contributed by atoms with Gasteiger partial charge in [-0.15, -0.1) is 0 Å². The highest BCUT2D eigenvalue weighted by Gasteiger charge is 2.24. The van der Waals surface area contributed by atoms with E-state index >= 15 is 0 Å². The van der Waals surface area contributed by atoms with E-state index in [1.165, 1.54) is 17.7 Å². The van der Waals surface area contributed by atoms with Crippen LogP contribution in [0.3, 0.4) is 0 Å². The first-order valence-electron chi connectivity index (χ1n) is 6.42. The molecule has 17 heavy (non-hydrogen) atoms. The molecule has 0 spiro atoms. The Bertz CT molecular complexity index is 296. The number of likely N-dealkylation sites (N-methyl/N-ethyl adjacent to an activating group) is 1. The zero-order valence-corrected chi connectivity index (χ0v) is 10.4. The van der Waals surface area contributed by atoms with Gasteiger partial charge in [0.25, 0.3) is 0 Å². The van der Waals surface area contributed by atoms with Crippen LogP contribution in [0.15, 0.2) is 0 Å². The number of carbonyl (C=O) groups is 2. The monoisotopic (exact) mass is 239 g/mol. The zero-order chi connectivity index (χ0) is 12.3. The maximum atomic E-state index is 11.8. The molecule has 2 fully saturated rings. The van der Waals surface area contributed by atoms with Crippen molar-refractivity contribution in [2.75, 3.05) is 33.2 Å². The lowest BCUT2D eigenvalue weighted by atomic mass is 10.4. The molecule has 0 aromatic carbocycles. The van der Waals surface area contributed by atoms with E-state index in [9.17, 15) is 9.59 Å². The third kappa shape index (κ3) is 3.70. The molecule has 0 aromatic heterocycles. The smallest absolute Gasteiger partial charge is 0.242 e. The highest BCUT2D eigenvalue weighted by atomic mass is 16.2. The molecule has 1 aliphatic carbocycles. The lowest BCUT2D eigenvalue weighted by molar-refractivity contribution is -0.138. The van der Waals surface area contributed by atoms with Gasteiger partial charge in [-0.25, -0.2) is 0 Å². The molecule has 2 rings (SSSR count). The summed E-state index contributed by atoms with van der Waals surface area (Å²) < 4.78 is 0. The van der Waals surface area contributed by atoms with Crippen molar-refractivity contribution in [1.82, 2.24) is 15.1 Å². The van der Waals surface area contributed by atoms with E-state index in [4.69, 9.17) is 0 Å². The fourth-order valence-electron chi connectivity index (χ4n) is 2.01. The van der Waals surface area contributed by atoms with Gasteiger partial charge in [-0.3, -0.25) is 9.59 Å². The van der Waals surface area contributed by atoms with E-state index in [1.807, 2.05) is 4.90 Å². The maximum Gasteiger partial charge on any atom is 0.242 e. The molecule has 1 saturated heterocycles. The highest BCUT2D eigenvalue weighted by Crippen LogP contribution is 2.18. The van der Waals surface area contributed by atoms with Crippen LogP contribution in [0.1, 0.15) is 25.7 Å². The minimum atomic E-state index is 0.00412. The Kier molecular flexibility index (Phi) is 3.99. The van der Waals surface area contributed by atoms with E-state index < -0.39 is 0 Å². The van der Waals surface area contributed by atoms with Crippen LogP contribution in [0, 0.1) is 0 Å². The standard InChI is InChI=1S/C12H21N3O2/c1-14(11(16)8-13-10-4-5-10)9-12(17)15-6-2-3-7-15/h10,13H,2-9H2,1H3. The molecule has 0 atom stereocenters. The van der Waals surface area contributed by atoms with E-state index in [1.54, 1.807) is 7.05 Å². The molecule has 0 unspecified atom stereocenters. The summed E-state index contributed by atoms with van der Waals surface area (Å²) in [5, 5.41) is 3.16. The number of nitrogens with zero attached hydrogens (tertiary/aromatic N) is 2. The molecule has 0 radical (unpaired) electrons. The topological polar surface area (TPSA) is 52.7 Å². The molecule has 1 heterocycles. The number of likely N-dealkylation sites (tertiary alicyclic amines) is 1. The summed E-state index contributed by atoms with van der Waals surface area (Å²) in [6, 6.07) is 0.529. The van der Waals surface area contributed by atoms with Crippen molar-refractivity contribution >= 4 is 11.8 Å². The van der Waals surface area contributed by atoms with E-state index in [2.05, 4.69) is 5.32 Å². The lowest BCUT2D eigenvalue weighted by Crippen LogP contribution is -2.43. The second-order valence-corrected chi connectivity index (χ2v) is 4.99. The predicted octanol–water partition coefficient (Wildman–Crippen LogP) is -0.181. The van der Waals surface area contributed by atoms with Gasteiger partial charge in [-0.2, -0.15) is 0 Å². The first kappa shape index (κ1) is 12.4. The van der Waals surface area contributed by atoms with Crippen LogP contribution < -0.4 is 5.32 Å². The number of hydrogen-bond donors (Lipinski definition) is 1. The van der Waals surface area contributed by atoms with Gasteiger partial charge in [0.1, 0.15) is 0 Å².